The van der Waals surface area contributed by atoms with E-state index in [1.54, 1.807) is 6.07 Å². The van der Waals surface area contributed by atoms with Crippen molar-refractivity contribution in [1.29, 1.82) is 0 Å². The highest BCUT2D eigenvalue weighted by Gasteiger charge is 2.09. The van der Waals surface area contributed by atoms with Crippen LogP contribution in [0.1, 0.15) is 27.4 Å². The van der Waals surface area contributed by atoms with E-state index in [4.69, 9.17) is 4.74 Å². The van der Waals surface area contributed by atoms with Gasteiger partial charge in [0.2, 0.25) is 5.82 Å². The monoisotopic (exact) mass is 363 g/mol. The maximum atomic E-state index is 12.5. The fourth-order valence-electron chi connectivity index (χ4n) is 2.70. The summed E-state index contributed by atoms with van der Waals surface area (Å²) in [4.78, 5) is 12.5. The highest BCUT2D eigenvalue weighted by molar-refractivity contribution is 5.98. The maximum Gasteiger partial charge on any atom is 0.251 e. The van der Waals surface area contributed by atoms with Crippen LogP contribution in [0.5, 0.6) is 5.75 Å². The molecule has 0 unspecified atom stereocenters. The van der Waals surface area contributed by atoms with Crippen molar-refractivity contribution in [3.05, 3.63) is 65.1 Å². The largest absolute Gasteiger partial charge is 0.485 e. The second-order valence-electron chi connectivity index (χ2n) is 6.03. The normalized spacial score (nSPS) is 10.9. The quantitative estimate of drug-likeness (QED) is 0.481. The Labute approximate surface area is 154 Å². The summed E-state index contributed by atoms with van der Waals surface area (Å²) < 4.78 is 5.63. The van der Waals surface area contributed by atoms with Crippen LogP contribution < -0.4 is 10.1 Å². The molecule has 0 fully saturated rings. The summed E-state index contributed by atoms with van der Waals surface area (Å²) in [7, 11) is 0. The van der Waals surface area contributed by atoms with Crippen LogP contribution in [0.2, 0.25) is 0 Å². The predicted molar refractivity (Wildman–Crippen MR) is 97.0 cm³/mol. The second-order valence-corrected chi connectivity index (χ2v) is 6.03. The number of carbonyl (C=O) groups is 1. The van der Waals surface area contributed by atoms with E-state index in [-0.39, 0.29) is 12.5 Å². The van der Waals surface area contributed by atoms with Gasteiger partial charge in [-0.15, -0.1) is 10.2 Å². The van der Waals surface area contributed by atoms with Crippen molar-refractivity contribution in [3.63, 3.8) is 0 Å². The molecule has 0 saturated heterocycles. The number of nitrogens with zero attached hydrogens (tertiary/aromatic N) is 4. The summed E-state index contributed by atoms with van der Waals surface area (Å²) in [5.41, 5.74) is 3.30. The summed E-state index contributed by atoms with van der Waals surface area (Å²) in [6, 6.07) is 12.9. The summed E-state index contributed by atoms with van der Waals surface area (Å²) in [5.74, 6) is 0.997. The summed E-state index contributed by atoms with van der Waals surface area (Å²) in [6.45, 7) is 2.54. The van der Waals surface area contributed by atoms with Crippen molar-refractivity contribution in [2.75, 3.05) is 0 Å². The van der Waals surface area contributed by atoms with E-state index in [9.17, 15) is 4.79 Å². The average Bonchev–Trinajstić information content (AvgIpc) is 3.35. The number of aryl methyl sites for hydroxylation is 1. The van der Waals surface area contributed by atoms with Crippen molar-refractivity contribution in [3.8, 4) is 5.75 Å². The van der Waals surface area contributed by atoms with Crippen LogP contribution in [0, 0.1) is 6.92 Å². The number of ether oxygens (including phenoxy) is 1. The molecule has 0 spiro atoms. The van der Waals surface area contributed by atoms with Gasteiger partial charge in [-0.1, -0.05) is 17.3 Å². The number of aromatic nitrogens is 6. The number of fused-ring (bicyclic) bond motifs is 1. The fourth-order valence-corrected chi connectivity index (χ4v) is 2.70. The third-order valence-electron chi connectivity index (χ3n) is 4.12. The van der Waals surface area contributed by atoms with E-state index in [1.165, 1.54) is 0 Å². The average molecular weight is 363 g/mol. The lowest BCUT2D eigenvalue weighted by molar-refractivity contribution is 0.0951. The number of H-pyrrole nitrogens is 2. The Hall–Kier alpha value is -3.75. The van der Waals surface area contributed by atoms with Crippen molar-refractivity contribution in [1.82, 2.24) is 36.1 Å². The van der Waals surface area contributed by atoms with Gasteiger partial charge in [-0.3, -0.25) is 9.89 Å². The first-order chi connectivity index (χ1) is 13.2. The molecule has 136 valence electrons. The first kappa shape index (κ1) is 16.7. The Balaban J connectivity index is 1.39. The fraction of sp³-hybridized carbons (Fsp3) is 0.167. The van der Waals surface area contributed by atoms with Crippen molar-refractivity contribution >= 4 is 16.8 Å². The molecule has 0 atom stereocenters. The van der Waals surface area contributed by atoms with Gasteiger partial charge in [-0.25, -0.2) is 0 Å². The SMILES string of the molecule is Cc1[nH]nc2ccc(C(=O)NCc3cccc(OCc4nn[nH]n4)c3)cc12. The number of benzene rings is 2. The third kappa shape index (κ3) is 3.76. The molecule has 4 rings (SSSR count). The lowest BCUT2D eigenvalue weighted by Crippen LogP contribution is -2.22. The summed E-state index contributed by atoms with van der Waals surface area (Å²) in [6.07, 6.45) is 0. The van der Waals surface area contributed by atoms with Crippen LogP contribution in [0.15, 0.2) is 42.5 Å². The van der Waals surface area contributed by atoms with Gasteiger partial charge in [-0.2, -0.15) is 10.3 Å². The van der Waals surface area contributed by atoms with Crippen molar-refractivity contribution in [2.45, 2.75) is 20.1 Å². The minimum atomic E-state index is -0.143. The van der Waals surface area contributed by atoms with Gasteiger partial charge in [-0.05, 0) is 42.8 Å². The number of nitrogens with one attached hydrogen (secondary N) is 3. The van der Waals surface area contributed by atoms with Gasteiger partial charge in [0, 0.05) is 23.2 Å². The van der Waals surface area contributed by atoms with Crippen LogP contribution in [0.25, 0.3) is 10.9 Å². The molecule has 3 N–H and O–H groups in total. The van der Waals surface area contributed by atoms with Crippen LogP contribution in [0.3, 0.4) is 0 Å². The molecule has 0 aliphatic carbocycles. The Bertz CT molecular complexity index is 1070. The van der Waals surface area contributed by atoms with Gasteiger partial charge in [0.05, 0.1) is 5.52 Å². The molecule has 0 bridgehead atoms. The van der Waals surface area contributed by atoms with Crippen LogP contribution in [0.4, 0.5) is 0 Å². The molecule has 0 aliphatic heterocycles. The Morgan fingerprint density at radius 3 is 2.96 bits per heavy atom. The zero-order valence-electron chi connectivity index (χ0n) is 14.6. The molecule has 9 nitrogen and oxygen atoms in total. The van der Waals surface area contributed by atoms with Crippen molar-refractivity contribution < 1.29 is 9.53 Å². The minimum Gasteiger partial charge on any atom is -0.485 e. The molecule has 0 radical (unpaired) electrons. The molecule has 0 saturated carbocycles. The number of aromatic amines is 2. The number of tetrazole rings is 1. The summed E-state index contributed by atoms with van der Waals surface area (Å²) >= 11 is 0. The van der Waals surface area contributed by atoms with Gasteiger partial charge in [0.25, 0.3) is 5.91 Å². The molecule has 2 heterocycles. The lowest BCUT2D eigenvalue weighted by atomic mass is 10.1. The minimum absolute atomic E-state index is 0.143. The molecular formula is C18H17N7O2. The van der Waals surface area contributed by atoms with E-state index in [0.717, 1.165) is 22.2 Å². The molecule has 2 aromatic carbocycles. The Kier molecular flexibility index (Phi) is 4.48. The van der Waals surface area contributed by atoms with Crippen molar-refractivity contribution in [2.24, 2.45) is 0 Å². The van der Waals surface area contributed by atoms with Gasteiger partial charge in [0.15, 0.2) is 6.61 Å². The standard InChI is InChI=1S/C18H17N7O2/c1-11-15-8-13(5-6-16(15)21-20-11)18(26)19-9-12-3-2-4-14(7-12)27-10-17-22-24-25-23-17/h2-8H,9-10H2,1H3,(H,19,26)(H,20,21)(H,22,23,24,25). The smallest absolute Gasteiger partial charge is 0.251 e. The van der Waals surface area contributed by atoms with Gasteiger partial charge < -0.3 is 10.1 Å². The molecule has 1 amide bonds. The highest BCUT2D eigenvalue weighted by atomic mass is 16.5. The first-order valence-corrected chi connectivity index (χ1v) is 8.36. The van der Waals surface area contributed by atoms with Crippen LogP contribution >= 0.6 is 0 Å². The maximum absolute atomic E-state index is 12.5. The molecule has 9 heteroatoms. The Morgan fingerprint density at radius 2 is 2.11 bits per heavy atom. The van der Waals surface area contributed by atoms with E-state index < -0.39 is 0 Å². The number of carbonyl (C=O) groups excluding carboxylic acids is 1. The van der Waals surface area contributed by atoms with E-state index in [0.29, 0.717) is 23.7 Å². The molecule has 0 aliphatic rings. The van der Waals surface area contributed by atoms with Gasteiger partial charge >= 0.3 is 0 Å². The molecular weight excluding hydrogens is 346 g/mol. The molecule has 2 aromatic heterocycles. The van der Waals surface area contributed by atoms with Crippen LogP contribution in [-0.2, 0) is 13.2 Å². The second kappa shape index (κ2) is 7.24. The number of hydrogen-bond donors (Lipinski definition) is 3. The highest BCUT2D eigenvalue weighted by Crippen LogP contribution is 2.18. The first-order valence-electron chi connectivity index (χ1n) is 8.36. The van der Waals surface area contributed by atoms with E-state index >= 15 is 0 Å². The molecule has 4 aromatic rings. The predicted octanol–water partition coefficient (Wildman–Crippen LogP) is 1.89. The molecule has 27 heavy (non-hydrogen) atoms. The topological polar surface area (TPSA) is 121 Å². The number of amides is 1. The van der Waals surface area contributed by atoms with Crippen LogP contribution in [-0.4, -0.2) is 36.7 Å². The Morgan fingerprint density at radius 1 is 1.19 bits per heavy atom. The zero-order valence-corrected chi connectivity index (χ0v) is 14.6. The number of rotatable bonds is 6. The lowest BCUT2D eigenvalue weighted by Gasteiger charge is -2.08. The van der Waals surface area contributed by atoms with Gasteiger partial charge in [0.1, 0.15) is 5.75 Å². The number of hydrogen-bond acceptors (Lipinski definition) is 6. The van der Waals surface area contributed by atoms with E-state index in [2.05, 4.69) is 36.1 Å². The zero-order chi connectivity index (χ0) is 18.6. The van der Waals surface area contributed by atoms with E-state index in [1.807, 2.05) is 43.3 Å². The summed E-state index contributed by atoms with van der Waals surface area (Å²) in [5, 5.41) is 24.5. The third-order valence-corrected chi connectivity index (χ3v) is 4.12.